The predicted octanol–water partition coefficient (Wildman–Crippen LogP) is 1.53. The molecule has 0 radical (unpaired) electrons. The fourth-order valence-corrected chi connectivity index (χ4v) is 0. The molecular weight excluding hydrogens is 183 g/mol. The van der Waals surface area contributed by atoms with Gasteiger partial charge in [-0.15, -0.1) is 16.1 Å². The van der Waals surface area contributed by atoms with Gasteiger partial charge in [0.25, 0.3) is 0 Å². The van der Waals surface area contributed by atoms with Crippen molar-refractivity contribution < 1.29 is 17.0 Å². The molecule has 0 N–H and O–H groups in total. The van der Waals surface area contributed by atoms with E-state index < -0.39 is 17.0 Å². The minimum atomic E-state index is -0.556. The summed E-state index contributed by atoms with van der Waals surface area (Å²) < 4.78 is 0. The summed E-state index contributed by atoms with van der Waals surface area (Å²) in [5, 5.41) is 0. The number of hydrogen-bond donors (Lipinski definition) is 0. The predicted molar refractivity (Wildman–Crippen MR) is 35.0 cm³/mol. The van der Waals surface area contributed by atoms with E-state index in [-0.39, 0.29) is 9.52 Å². The molecule has 0 aromatic heterocycles. The van der Waals surface area contributed by atoms with Crippen molar-refractivity contribution in [2.75, 3.05) is 0 Å². The van der Waals surface area contributed by atoms with Gasteiger partial charge in [-0.05, 0) is 0 Å². The third-order valence-corrected chi connectivity index (χ3v) is 0.750. The summed E-state index contributed by atoms with van der Waals surface area (Å²) in [6.07, 6.45) is 0. The first-order valence-corrected chi connectivity index (χ1v) is 8.21. The van der Waals surface area contributed by atoms with Crippen LogP contribution >= 0.6 is 18.6 Å². The van der Waals surface area contributed by atoms with Crippen molar-refractivity contribution in [2.24, 2.45) is 0 Å². The van der Waals surface area contributed by atoms with Crippen molar-refractivity contribution >= 4 is 28.1 Å². The molecule has 0 aromatic carbocycles. The van der Waals surface area contributed by atoms with Crippen molar-refractivity contribution in [1.29, 1.82) is 0 Å². The molecule has 0 atom stereocenters. The summed E-state index contributed by atoms with van der Waals surface area (Å²) in [6.45, 7) is 5.56. The molecule has 0 unspecified atom stereocenters. The Balaban J connectivity index is 0. The molecule has 7 heavy (non-hydrogen) atoms. The summed E-state index contributed by atoms with van der Waals surface area (Å²) in [5.41, 5.74) is 2.82. The molecule has 42 valence electrons. The molecule has 0 bridgehead atoms. The van der Waals surface area contributed by atoms with Crippen LogP contribution < -0.4 is 0 Å². The number of rotatable bonds is 1. The average molecular weight is 190 g/mol. The molecule has 0 aliphatic heterocycles. The van der Waals surface area contributed by atoms with Crippen LogP contribution in [0.25, 0.3) is 0 Å². The van der Waals surface area contributed by atoms with E-state index in [1.54, 1.807) is 0 Å². The first-order chi connectivity index (χ1) is 3.33. The molecule has 0 saturated heterocycles. The second-order valence-corrected chi connectivity index (χ2v) is 4.46. The average Bonchev–Trinajstić information content (AvgIpc) is 1.69. The van der Waals surface area contributed by atoms with E-state index in [0.717, 1.165) is 0 Å². The van der Waals surface area contributed by atoms with E-state index in [1.807, 2.05) is 0 Å². The van der Waals surface area contributed by atoms with Crippen LogP contribution in [0.2, 0.25) is 6.55 Å². The first kappa shape index (κ1) is 11.1. The molecule has 0 saturated carbocycles. The Bertz CT molecular complexity index is 34.1. The maximum absolute atomic E-state index is 4.89. The SMILES string of the molecule is C=[C-][SiH2]C.[Cl][Ti][Cl]. The summed E-state index contributed by atoms with van der Waals surface area (Å²) in [7, 11) is 9.84. The molecule has 0 rings (SSSR count). The van der Waals surface area contributed by atoms with Gasteiger partial charge in [-0.25, -0.2) is 0 Å². The summed E-state index contributed by atoms with van der Waals surface area (Å²) in [5.74, 6) is 0. The van der Waals surface area contributed by atoms with Crippen LogP contribution in [0.1, 0.15) is 0 Å². The molecule has 0 aromatic rings. The topological polar surface area (TPSA) is 0 Å². The van der Waals surface area contributed by atoms with E-state index in [0.29, 0.717) is 0 Å². The Kier molecular flexibility index (Phi) is 24.9. The fraction of sp³-hybridized carbons (Fsp3) is 0.333. The molecule has 4 heteroatoms. The van der Waals surface area contributed by atoms with Gasteiger partial charge in [-0.3, -0.25) is 6.58 Å². The Morgan fingerprint density at radius 3 is 1.86 bits per heavy atom. The van der Waals surface area contributed by atoms with Crippen LogP contribution in [-0.2, 0) is 17.0 Å². The molecule has 0 amide bonds. The van der Waals surface area contributed by atoms with Crippen LogP contribution in [0.3, 0.4) is 0 Å². The molecule has 0 fully saturated rings. The zero-order valence-electron chi connectivity index (χ0n) is 4.17. The van der Waals surface area contributed by atoms with Gasteiger partial charge in [0.15, 0.2) is 0 Å². The van der Waals surface area contributed by atoms with Crippen LogP contribution in [0.5, 0.6) is 0 Å². The third kappa shape index (κ3) is 39.5. The fourth-order valence-electron chi connectivity index (χ4n) is 0. The molecule has 0 aliphatic rings. The second kappa shape index (κ2) is 15.7. The maximum atomic E-state index is 4.89. The zero-order chi connectivity index (χ0) is 6.12. The normalized spacial score (nSPS) is 7.29. The quantitative estimate of drug-likeness (QED) is 0.434. The molecule has 0 heterocycles. The molecular formula is C3H7Cl2SiTi-. The zero-order valence-corrected chi connectivity index (χ0v) is 8.66. The van der Waals surface area contributed by atoms with Crippen molar-refractivity contribution in [1.82, 2.24) is 0 Å². The minimum absolute atomic E-state index is 0.0633. The van der Waals surface area contributed by atoms with Crippen molar-refractivity contribution in [2.45, 2.75) is 6.55 Å². The number of hydrogen-bond acceptors (Lipinski definition) is 0. The Labute approximate surface area is 63.8 Å². The molecule has 0 aliphatic carbocycles. The number of halogens is 2. The second-order valence-electron chi connectivity index (χ2n) is 0.675. The van der Waals surface area contributed by atoms with Gasteiger partial charge < -0.3 is 5.70 Å². The summed E-state index contributed by atoms with van der Waals surface area (Å²) in [4.78, 5) is 0. The van der Waals surface area contributed by atoms with Crippen LogP contribution in [-0.4, -0.2) is 9.52 Å². The van der Waals surface area contributed by atoms with Gasteiger partial charge in [0.2, 0.25) is 0 Å². The Morgan fingerprint density at radius 2 is 1.86 bits per heavy atom. The van der Waals surface area contributed by atoms with Gasteiger partial charge in [-0.2, -0.15) is 0 Å². The first-order valence-electron chi connectivity index (χ1n) is 1.79. The van der Waals surface area contributed by atoms with Gasteiger partial charge in [-0.1, -0.05) is 0 Å². The van der Waals surface area contributed by atoms with Gasteiger partial charge >= 0.3 is 35.6 Å². The summed E-state index contributed by atoms with van der Waals surface area (Å²) >= 11 is -0.556. The van der Waals surface area contributed by atoms with Crippen molar-refractivity contribution in [3.63, 3.8) is 0 Å². The monoisotopic (exact) mass is 189 g/mol. The third-order valence-electron chi connectivity index (χ3n) is 0.250. The summed E-state index contributed by atoms with van der Waals surface area (Å²) in [6, 6.07) is 0. The molecule has 0 spiro atoms. The van der Waals surface area contributed by atoms with Gasteiger partial charge in [0.1, 0.15) is 0 Å². The molecule has 0 nitrogen and oxygen atoms in total. The van der Waals surface area contributed by atoms with Crippen LogP contribution in [0, 0.1) is 5.70 Å². The van der Waals surface area contributed by atoms with E-state index in [4.69, 9.17) is 18.6 Å². The standard InChI is InChI=1S/C3H7Si.2ClH.Ti/c1-3-4-2;;;/h1,4H2,2H3;2*1H;/q-1;;;+2/p-2. The van der Waals surface area contributed by atoms with E-state index >= 15 is 0 Å². The van der Waals surface area contributed by atoms with Gasteiger partial charge in [0.05, 0.1) is 0 Å². The van der Waals surface area contributed by atoms with Crippen LogP contribution in [0.15, 0.2) is 6.58 Å². The Morgan fingerprint density at radius 1 is 1.71 bits per heavy atom. The van der Waals surface area contributed by atoms with E-state index in [2.05, 4.69) is 18.8 Å². The van der Waals surface area contributed by atoms with Crippen LogP contribution in [0.4, 0.5) is 0 Å². The van der Waals surface area contributed by atoms with E-state index in [1.165, 1.54) is 0 Å². The Hall–Kier alpha value is 1.25. The van der Waals surface area contributed by atoms with E-state index in [9.17, 15) is 0 Å². The van der Waals surface area contributed by atoms with Crippen molar-refractivity contribution in [3.8, 4) is 0 Å². The van der Waals surface area contributed by atoms with Gasteiger partial charge in [0, 0.05) is 0 Å². The van der Waals surface area contributed by atoms with Crippen molar-refractivity contribution in [3.05, 3.63) is 12.3 Å².